The number of imidazole rings is 1. The second-order valence-corrected chi connectivity index (χ2v) is 9.93. The molecule has 1 amide bonds. The van der Waals surface area contributed by atoms with Crippen molar-refractivity contribution in [1.82, 2.24) is 30.2 Å². The molecule has 40 heavy (non-hydrogen) atoms. The summed E-state index contributed by atoms with van der Waals surface area (Å²) < 4.78 is 8.02. The molecule has 2 N–H and O–H groups in total. The predicted molar refractivity (Wildman–Crippen MR) is 148 cm³/mol. The van der Waals surface area contributed by atoms with E-state index in [2.05, 4.69) is 41.6 Å². The van der Waals surface area contributed by atoms with Crippen molar-refractivity contribution >= 4 is 35.0 Å². The normalized spacial score (nSPS) is 14.2. The van der Waals surface area contributed by atoms with Gasteiger partial charge in [-0.1, -0.05) is 35.3 Å². The molecule has 1 unspecified atom stereocenters. The Morgan fingerprint density at radius 3 is 2.67 bits per heavy atom. The van der Waals surface area contributed by atoms with E-state index in [0.717, 1.165) is 52.3 Å². The van der Waals surface area contributed by atoms with Crippen LogP contribution in [0.2, 0.25) is 10.2 Å². The summed E-state index contributed by atoms with van der Waals surface area (Å²) in [4.78, 5) is 25.4. The van der Waals surface area contributed by atoms with Crippen LogP contribution in [0.3, 0.4) is 0 Å². The lowest BCUT2D eigenvalue weighted by atomic mass is 10.0. The van der Waals surface area contributed by atoms with Crippen molar-refractivity contribution in [3.63, 3.8) is 0 Å². The zero-order chi connectivity index (χ0) is 27.8. The number of ether oxygens (including phenoxy) is 1. The Morgan fingerprint density at radius 2 is 1.95 bits per heavy atom. The van der Waals surface area contributed by atoms with Crippen molar-refractivity contribution in [3.05, 3.63) is 88.3 Å². The van der Waals surface area contributed by atoms with Gasteiger partial charge in [0.15, 0.2) is 5.15 Å². The number of aromatic nitrogens is 7. The number of aromatic amines is 1. The molecule has 6 rings (SSSR count). The Labute approximate surface area is 238 Å². The van der Waals surface area contributed by atoms with Gasteiger partial charge in [-0.05, 0) is 59.7 Å². The number of carbonyl (C=O) groups excluding carboxylic acids is 1. The number of methoxy groups -OCH3 is 1. The summed E-state index contributed by atoms with van der Waals surface area (Å²) in [5.41, 5.74) is 6.83. The average Bonchev–Trinajstić information content (AvgIpc) is 3.73. The quantitative estimate of drug-likeness (QED) is 0.282. The average molecular weight is 578 g/mol. The smallest absolute Gasteiger partial charge is 0.411 e. The third-order valence-corrected chi connectivity index (χ3v) is 7.37. The first-order valence-electron chi connectivity index (χ1n) is 12.3. The van der Waals surface area contributed by atoms with E-state index >= 15 is 0 Å². The van der Waals surface area contributed by atoms with Gasteiger partial charge in [-0.25, -0.2) is 9.78 Å². The molecule has 13 heteroatoms. The number of aryl methyl sites for hydroxylation is 1. The fourth-order valence-electron chi connectivity index (χ4n) is 5.04. The largest absolute Gasteiger partial charge is 0.453 e. The second kappa shape index (κ2) is 10.6. The highest BCUT2D eigenvalue weighted by atomic mass is 35.5. The molecule has 1 aliphatic carbocycles. The number of hydrogen-bond acceptors (Lipinski definition) is 7. The van der Waals surface area contributed by atoms with Crippen molar-refractivity contribution in [2.45, 2.75) is 18.8 Å². The van der Waals surface area contributed by atoms with E-state index < -0.39 is 6.09 Å². The molecule has 0 bridgehead atoms. The standard InChI is InChI=1S/C27H22Cl2N8O3/c1-39-27(38)31-19-7-3-15(4-8-19)23-25(29)33-26(32-23)20-9-5-16-11-17(13-37(40-2)24(16)20)21-12-18(28)6-10-22(21)36-14-30-34-35-36/h3-4,6-8,10-14,20H,5,9H2,1-2H3,(H-,31,32,33,34,35,38)/p+1. The maximum atomic E-state index is 11.5. The molecule has 11 nitrogen and oxygen atoms in total. The fraction of sp³-hybridized carbons (Fsp3) is 0.185. The Hall–Kier alpha value is -4.48. The number of H-pyrrole nitrogens is 1. The first-order valence-corrected chi connectivity index (χ1v) is 13.1. The van der Waals surface area contributed by atoms with E-state index in [1.54, 1.807) is 41.0 Å². The molecule has 5 aromatic rings. The first-order chi connectivity index (χ1) is 19.4. The van der Waals surface area contributed by atoms with Crippen LogP contribution in [0, 0.1) is 0 Å². The van der Waals surface area contributed by atoms with Gasteiger partial charge < -0.3 is 9.72 Å². The Bertz CT molecular complexity index is 1700. The molecule has 1 atom stereocenters. The monoisotopic (exact) mass is 577 g/mol. The third-order valence-electron chi connectivity index (χ3n) is 6.86. The van der Waals surface area contributed by atoms with Crippen LogP contribution in [-0.4, -0.2) is 50.5 Å². The molecule has 2 aromatic carbocycles. The highest BCUT2D eigenvalue weighted by molar-refractivity contribution is 6.32. The number of nitrogens with zero attached hydrogens (tertiary/aromatic N) is 6. The van der Waals surface area contributed by atoms with Crippen molar-refractivity contribution in [1.29, 1.82) is 0 Å². The van der Waals surface area contributed by atoms with Crippen LogP contribution in [0.25, 0.3) is 28.1 Å². The molecule has 0 aliphatic heterocycles. The van der Waals surface area contributed by atoms with Gasteiger partial charge in [0.2, 0.25) is 11.9 Å². The van der Waals surface area contributed by atoms with Gasteiger partial charge in [0, 0.05) is 32.1 Å². The summed E-state index contributed by atoms with van der Waals surface area (Å²) in [6.45, 7) is 0. The van der Waals surface area contributed by atoms with Crippen molar-refractivity contribution in [3.8, 4) is 28.1 Å². The number of halogens is 2. The summed E-state index contributed by atoms with van der Waals surface area (Å²) in [5.74, 6) is 0.681. The number of fused-ring (bicyclic) bond motifs is 1. The van der Waals surface area contributed by atoms with Gasteiger partial charge in [0.05, 0.1) is 24.1 Å². The van der Waals surface area contributed by atoms with E-state index in [0.29, 0.717) is 21.6 Å². The number of benzene rings is 2. The van der Waals surface area contributed by atoms with Crippen LogP contribution in [0.4, 0.5) is 10.5 Å². The van der Waals surface area contributed by atoms with Gasteiger partial charge in [-0.2, -0.15) is 4.68 Å². The minimum absolute atomic E-state index is 0.0612. The highest BCUT2D eigenvalue weighted by Gasteiger charge is 2.38. The molecule has 3 aromatic heterocycles. The SMILES string of the molecule is COC(=O)Nc1ccc(-c2[nH]c(C3CCc4cc(-c5cc(Cl)ccc5-n5cnnn5)c[n+](OC)c43)nc2Cl)cc1. The minimum atomic E-state index is -0.536. The van der Waals surface area contributed by atoms with Gasteiger partial charge in [0.25, 0.3) is 0 Å². The van der Waals surface area contributed by atoms with Gasteiger partial charge in [-0.3, -0.25) is 10.2 Å². The zero-order valence-electron chi connectivity index (χ0n) is 21.4. The number of amides is 1. The summed E-state index contributed by atoms with van der Waals surface area (Å²) in [5, 5.41) is 15.2. The number of hydrogen-bond donors (Lipinski definition) is 2. The first kappa shape index (κ1) is 25.8. The molecule has 0 saturated heterocycles. The van der Waals surface area contributed by atoms with Gasteiger partial charge in [-0.15, -0.1) is 5.10 Å². The minimum Gasteiger partial charge on any atom is -0.453 e. The molecular formula is C27H23Cl2N8O3+. The number of tetrazole rings is 1. The van der Waals surface area contributed by atoms with Crippen LogP contribution in [-0.2, 0) is 11.2 Å². The number of anilines is 1. The lowest BCUT2D eigenvalue weighted by molar-refractivity contribution is -0.890. The molecule has 0 spiro atoms. The molecule has 0 saturated carbocycles. The maximum absolute atomic E-state index is 11.5. The molecule has 1 aliphatic rings. The number of nitrogens with one attached hydrogen (secondary N) is 2. The fourth-order valence-corrected chi connectivity index (χ4v) is 5.46. The summed E-state index contributed by atoms with van der Waals surface area (Å²) in [6, 6.07) is 15.0. The van der Waals surface area contributed by atoms with Crippen LogP contribution in [0.1, 0.15) is 29.4 Å². The number of carbonyl (C=O) groups is 1. The molecule has 0 radical (unpaired) electrons. The van der Waals surface area contributed by atoms with Crippen molar-refractivity contribution < 1.29 is 19.1 Å². The topological polar surface area (TPSA) is 124 Å². The van der Waals surface area contributed by atoms with E-state index in [1.807, 2.05) is 30.5 Å². The zero-order valence-corrected chi connectivity index (χ0v) is 22.9. The molecular weight excluding hydrogens is 555 g/mol. The van der Waals surface area contributed by atoms with E-state index in [-0.39, 0.29) is 5.92 Å². The Kier molecular flexibility index (Phi) is 6.82. The van der Waals surface area contributed by atoms with Crippen LogP contribution in [0.15, 0.2) is 61.1 Å². The van der Waals surface area contributed by atoms with Crippen LogP contribution < -0.4 is 14.9 Å². The summed E-state index contributed by atoms with van der Waals surface area (Å²) in [7, 11) is 2.94. The third kappa shape index (κ3) is 4.74. The van der Waals surface area contributed by atoms with Gasteiger partial charge in [0.1, 0.15) is 25.2 Å². The van der Waals surface area contributed by atoms with E-state index in [1.165, 1.54) is 7.11 Å². The Morgan fingerprint density at radius 1 is 1.12 bits per heavy atom. The molecule has 202 valence electrons. The summed E-state index contributed by atoms with van der Waals surface area (Å²) >= 11 is 13.0. The van der Waals surface area contributed by atoms with E-state index in [9.17, 15) is 4.79 Å². The number of rotatable bonds is 6. The van der Waals surface area contributed by atoms with Crippen LogP contribution in [0.5, 0.6) is 0 Å². The van der Waals surface area contributed by atoms with E-state index in [4.69, 9.17) is 28.0 Å². The lowest BCUT2D eigenvalue weighted by Crippen LogP contribution is -2.45. The summed E-state index contributed by atoms with van der Waals surface area (Å²) in [6.07, 6.45) is 4.57. The highest BCUT2D eigenvalue weighted by Crippen LogP contribution is 2.39. The predicted octanol–water partition coefficient (Wildman–Crippen LogP) is 4.63. The van der Waals surface area contributed by atoms with Crippen LogP contribution >= 0.6 is 23.2 Å². The van der Waals surface area contributed by atoms with Crippen molar-refractivity contribution in [2.24, 2.45) is 0 Å². The Balaban J connectivity index is 1.35. The number of pyridine rings is 1. The molecule has 3 heterocycles. The maximum Gasteiger partial charge on any atom is 0.411 e. The lowest BCUT2D eigenvalue weighted by Gasteiger charge is -2.11. The van der Waals surface area contributed by atoms with Crippen molar-refractivity contribution in [2.75, 3.05) is 19.5 Å². The second-order valence-electron chi connectivity index (χ2n) is 9.14. The molecule has 0 fully saturated rings. The van der Waals surface area contributed by atoms with Gasteiger partial charge >= 0.3 is 6.09 Å².